The molecule has 0 unspecified atom stereocenters. The van der Waals surface area contributed by atoms with Crippen molar-refractivity contribution in [1.29, 1.82) is 0 Å². The Labute approximate surface area is 131 Å². The number of phenolic OH excluding ortho intramolecular Hbond substituents is 1. The normalized spacial score (nSPS) is 11.1. The van der Waals surface area contributed by atoms with Gasteiger partial charge in [-0.2, -0.15) is 0 Å². The van der Waals surface area contributed by atoms with Crippen molar-refractivity contribution < 1.29 is 14.6 Å². The summed E-state index contributed by atoms with van der Waals surface area (Å²) in [5, 5.41) is 9.41. The van der Waals surface area contributed by atoms with E-state index in [2.05, 4.69) is 13.8 Å². The van der Waals surface area contributed by atoms with E-state index in [0.717, 1.165) is 11.1 Å². The van der Waals surface area contributed by atoms with Gasteiger partial charge in [0.1, 0.15) is 11.5 Å². The highest BCUT2D eigenvalue weighted by molar-refractivity contribution is 5.70. The second kappa shape index (κ2) is 6.10. The Kier molecular flexibility index (Phi) is 4.40. The number of benzene rings is 2. The Morgan fingerprint density at radius 2 is 1.41 bits per heavy atom. The summed E-state index contributed by atoms with van der Waals surface area (Å²) < 4.78 is 5.22. The van der Waals surface area contributed by atoms with Gasteiger partial charge in [-0.3, -0.25) is 0 Å². The van der Waals surface area contributed by atoms with E-state index < -0.39 is 6.09 Å². The zero-order chi connectivity index (χ0) is 16.3. The molecular formula is C18H21NO3. The molecule has 0 spiro atoms. The molecule has 0 aliphatic carbocycles. The molecule has 2 aromatic carbocycles. The smallest absolute Gasteiger partial charge is 0.414 e. The number of hydrogen-bond donors (Lipinski definition) is 1. The molecular weight excluding hydrogens is 278 g/mol. The standard InChI is InChI=1S/C18H21NO3/c1-18(2,13-5-9-15(20)10-6-13)14-7-11-16(12-8-14)22-17(21)19(3)4/h5-12,20H,1-4H3. The van der Waals surface area contributed by atoms with Crippen molar-refractivity contribution in [3.8, 4) is 11.5 Å². The van der Waals surface area contributed by atoms with E-state index in [9.17, 15) is 9.90 Å². The average Bonchev–Trinajstić information content (AvgIpc) is 2.48. The maximum atomic E-state index is 11.5. The largest absolute Gasteiger partial charge is 0.508 e. The van der Waals surface area contributed by atoms with Crippen LogP contribution in [0.15, 0.2) is 48.5 Å². The van der Waals surface area contributed by atoms with Gasteiger partial charge in [-0.25, -0.2) is 4.79 Å². The van der Waals surface area contributed by atoms with Crippen LogP contribution in [0.5, 0.6) is 11.5 Å². The van der Waals surface area contributed by atoms with Gasteiger partial charge in [-0.1, -0.05) is 38.1 Å². The van der Waals surface area contributed by atoms with Crippen molar-refractivity contribution in [3.05, 3.63) is 59.7 Å². The third kappa shape index (κ3) is 3.39. The van der Waals surface area contributed by atoms with Gasteiger partial charge < -0.3 is 14.7 Å². The molecule has 0 aliphatic heterocycles. The minimum absolute atomic E-state index is 0.211. The van der Waals surface area contributed by atoms with Crippen LogP contribution >= 0.6 is 0 Å². The number of carbonyl (C=O) groups is 1. The van der Waals surface area contributed by atoms with E-state index in [4.69, 9.17) is 4.74 Å². The Morgan fingerprint density at radius 1 is 0.955 bits per heavy atom. The average molecular weight is 299 g/mol. The van der Waals surface area contributed by atoms with Gasteiger partial charge >= 0.3 is 6.09 Å². The van der Waals surface area contributed by atoms with Gasteiger partial charge in [0.2, 0.25) is 0 Å². The van der Waals surface area contributed by atoms with E-state index in [0.29, 0.717) is 5.75 Å². The number of phenols is 1. The van der Waals surface area contributed by atoms with E-state index in [1.54, 1.807) is 38.4 Å². The van der Waals surface area contributed by atoms with E-state index >= 15 is 0 Å². The zero-order valence-electron chi connectivity index (χ0n) is 13.3. The predicted octanol–water partition coefficient (Wildman–Crippen LogP) is 3.78. The quantitative estimate of drug-likeness (QED) is 0.938. The summed E-state index contributed by atoms with van der Waals surface area (Å²) in [6, 6.07) is 14.7. The van der Waals surface area contributed by atoms with Gasteiger partial charge in [-0.05, 0) is 35.4 Å². The lowest BCUT2D eigenvalue weighted by Gasteiger charge is -2.26. The molecule has 0 saturated heterocycles. The predicted molar refractivity (Wildman–Crippen MR) is 86.4 cm³/mol. The number of ether oxygens (including phenoxy) is 1. The van der Waals surface area contributed by atoms with E-state index in [1.165, 1.54) is 4.90 Å². The Hall–Kier alpha value is -2.49. The van der Waals surface area contributed by atoms with Crippen molar-refractivity contribution in [2.24, 2.45) is 0 Å². The number of rotatable bonds is 3. The highest BCUT2D eigenvalue weighted by Crippen LogP contribution is 2.33. The first-order chi connectivity index (χ1) is 10.3. The van der Waals surface area contributed by atoms with E-state index in [1.807, 2.05) is 24.3 Å². The van der Waals surface area contributed by atoms with Crippen molar-refractivity contribution in [2.75, 3.05) is 14.1 Å². The number of hydrogen-bond acceptors (Lipinski definition) is 3. The Bertz CT molecular complexity index is 643. The van der Waals surface area contributed by atoms with Gasteiger partial charge in [0.15, 0.2) is 0 Å². The van der Waals surface area contributed by atoms with Crippen LogP contribution in [0.25, 0.3) is 0 Å². The molecule has 0 fully saturated rings. The van der Waals surface area contributed by atoms with Crippen LogP contribution in [0.2, 0.25) is 0 Å². The molecule has 0 aliphatic rings. The highest BCUT2D eigenvalue weighted by Gasteiger charge is 2.23. The summed E-state index contributed by atoms with van der Waals surface area (Å²) in [5.41, 5.74) is 1.99. The first-order valence-electron chi connectivity index (χ1n) is 7.10. The molecule has 4 nitrogen and oxygen atoms in total. The number of amides is 1. The SMILES string of the molecule is CN(C)C(=O)Oc1ccc(C(C)(C)c2ccc(O)cc2)cc1. The Morgan fingerprint density at radius 3 is 1.86 bits per heavy atom. The monoisotopic (exact) mass is 299 g/mol. The topological polar surface area (TPSA) is 49.8 Å². The minimum atomic E-state index is -0.398. The lowest BCUT2D eigenvalue weighted by molar-refractivity contribution is 0.172. The first kappa shape index (κ1) is 15.9. The number of aromatic hydroxyl groups is 1. The van der Waals surface area contributed by atoms with Crippen LogP contribution in [0, 0.1) is 0 Å². The maximum absolute atomic E-state index is 11.5. The second-order valence-corrected chi connectivity index (χ2v) is 5.96. The molecule has 1 N–H and O–H groups in total. The van der Waals surface area contributed by atoms with Crippen molar-refractivity contribution in [1.82, 2.24) is 4.90 Å². The molecule has 0 saturated carbocycles. The fourth-order valence-corrected chi connectivity index (χ4v) is 2.18. The summed E-state index contributed by atoms with van der Waals surface area (Å²) in [7, 11) is 3.29. The van der Waals surface area contributed by atoms with Crippen LogP contribution in [-0.2, 0) is 5.41 Å². The molecule has 0 bridgehead atoms. The molecule has 0 radical (unpaired) electrons. The van der Waals surface area contributed by atoms with Crippen LogP contribution < -0.4 is 4.74 Å². The molecule has 0 aromatic heterocycles. The zero-order valence-corrected chi connectivity index (χ0v) is 13.3. The number of carbonyl (C=O) groups excluding carboxylic acids is 1. The molecule has 0 heterocycles. The summed E-state index contributed by atoms with van der Waals surface area (Å²) >= 11 is 0. The summed E-state index contributed by atoms with van der Waals surface area (Å²) in [6.45, 7) is 4.22. The van der Waals surface area contributed by atoms with E-state index in [-0.39, 0.29) is 11.2 Å². The van der Waals surface area contributed by atoms with Crippen molar-refractivity contribution in [3.63, 3.8) is 0 Å². The lowest BCUT2D eigenvalue weighted by atomic mass is 9.78. The molecule has 2 aromatic rings. The van der Waals surface area contributed by atoms with Gasteiger partial charge in [0.25, 0.3) is 0 Å². The van der Waals surface area contributed by atoms with Crippen LogP contribution in [0.1, 0.15) is 25.0 Å². The first-order valence-corrected chi connectivity index (χ1v) is 7.10. The van der Waals surface area contributed by atoms with Gasteiger partial charge in [0, 0.05) is 19.5 Å². The summed E-state index contributed by atoms with van der Waals surface area (Å²) in [5.74, 6) is 0.773. The molecule has 22 heavy (non-hydrogen) atoms. The van der Waals surface area contributed by atoms with Crippen LogP contribution in [-0.4, -0.2) is 30.2 Å². The van der Waals surface area contributed by atoms with Crippen molar-refractivity contribution in [2.45, 2.75) is 19.3 Å². The highest BCUT2D eigenvalue weighted by atomic mass is 16.6. The maximum Gasteiger partial charge on any atom is 0.414 e. The summed E-state index contributed by atoms with van der Waals surface area (Å²) in [4.78, 5) is 12.9. The molecule has 4 heteroatoms. The van der Waals surface area contributed by atoms with Crippen molar-refractivity contribution >= 4 is 6.09 Å². The van der Waals surface area contributed by atoms with Gasteiger partial charge in [-0.15, -0.1) is 0 Å². The minimum Gasteiger partial charge on any atom is -0.508 e. The third-order valence-electron chi connectivity index (χ3n) is 3.74. The van der Waals surface area contributed by atoms with Crippen LogP contribution in [0.4, 0.5) is 4.79 Å². The second-order valence-electron chi connectivity index (χ2n) is 5.96. The fraction of sp³-hybridized carbons (Fsp3) is 0.278. The molecule has 2 rings (SSSR count). The lowest BCUT2D eigenvalue weighted by Crippen LogP contribution is -2.25. The fourth-order valence-electron chi connectivity index (χ4n) is 2.18. The Balaban J connectivity index is 2.22. The summed E-state index contributed by atoms with van der Waals surface area (Å²) in [6.07, 6.45) is -0.398. The third-order valence-corrected chi connectivity index (χ3v) is 3.74. The molecule has 1 amide bonds. The molecule has 116 valence electrons. The van der Waals surface area contributed by atoms with Crippen LogP contribution in [0.3, 0.4) is 0 Å². The number of nitrogens with zero attached hydrogens (tertiary/aromatic N) is 1. The molecule has 0 atom stereocenters. The van der Waals surface area contributed by atoms with Gasteiger partial charge in [0.05, 0.1) is 0 Å².